The van der Waals surface area contributed by atoms with Gasteiger partial charge >= 0.3 is 0 Å². The highest BCUT2D eigenvalue weighted by molar-refractivity contribution is 7.89. The first kappa shape index (κ1) is 23.1. The zero-order valence-electron chi connectivity index (χ0n) is 18.4. The fourth-order valence-electron chi connectivity index (χ4n) is 3.71. The van der Waals surface area contributed by atoms with E-state index in [1.165, 1.54) is 51.2 Å². The molecule has 1 fully saturated rings. The smallest absolute Gasteiger partial charge is 0.243 e. The molecule has 31 heavy (non-hydrogen) atoms. The molecule has 1 saturated heterocycles. The van der Waals surface area contributed by atoms with Gasteiger partial charge < -0.3 is 15.0 Å². The van der Waals surface area contributed by atoms with Crippen LogP contribution in [-0.4, -0.2) is 52.4 Å². The number of hydrogen-bond donors (Lipinski definition) is 1. The average Bonchev–Trinajstić information content (AvgIpc) is 2.79. The zero-order valence-corrected chi connectivity index (χ0v) is 19.2. The van der Waals surface area contributed by atoms with E-state index in [9.17, 15) is 13.2 Å². The molecule has 0 saturated carbocycles. The lowest BCUT2D eigenvalue weighted by Crippen LogP contribution is -2.39. The van der Waals surface area contributed by atoms with E-state index in [0.717, 1.165) is 23.0 Å². The summed E-state index contributed by atoms with van der Waals surface area (Å²) in [5.74, 6) is 0.215. The standard InChI is InChI=1S/C23H31N3O4S/c1-18(19-7-9-20(10-8-19)26-15-5-4-6-16-26)24-23(27)17-25(2)31(28,29)22-13-11-21(30-3)12-14-22/h7-14,18H,4-6,15-17H2,1-3H3,(H,24,27)/t18-/m0/s1. The lowest BCUT2D eigenvalue weighted by atomic mass is 10.1. The van der Waals surface area contributed by atoms with E-state index >= 15 is 0 Å². The van der Waals surface area contributed by atoms with Crippen LogP contribution in [0.3, 0.4) is 0 Å². The van der Waals surface area contributed by atoms with E-state index in [1.54, 1.807) is 12.1 Å². The number of methoxy groups -OCH3 is 1. The number of amides is 1. The fourth-order valence-corrected chi connectivity index (χ4v) is 4.84. The van der Waals surface area contributed by atoms with Crippen molar-refractivity contribution in [3.63, 3.8) is 0 Å². The molecule has 168 valence electrons. The number of piperidine rings is 1. The Bertz CT molecular complexity index is 969. The summed E-state index contributed by atoms with van der Waals surface area (Å²) in [6, 6.07) is 14.1. The number of ether oxygens (including phenoxy) is 1. The number of carbonyl (C=O) groups is 1. The molecule has 2 aromatic rings. The monoisotopic (exact) mass is 445 g/mol. The molecule has 8 heteroatoms. The topological polar surface area (TPSA) is 79.0 Å². The first-order valence-electron chi connectivity index (χ1n) is 10.6. The minimum absolute atomic E-state index is 0.116. The number of nitrogens with one attached hydrogen (secondary N) is 1. The van der Waals surface area contributed by atoms with E-state index in [1.807, 2.05) is 19.1 Å². The van der Waals surface area contributed by atoms with Crippen LogP contribution in [0.5, 0.6) is 5.75 Å². The van der Waals surface area contributed by atoms with Crippen molar-refractivity contribution in [1.29, 1.82) is 0 Å². The molecule has 0 unspecified atom stereocenters. The Morgan fingerprint density at radius 2 is 1.68 bits per heavy atom. The van der Waals surface area contributed by atoms with E-state index in [0.29, 0.717) is 5.75 Å². The van der Waals surface area contributed by atoms with Crippen LogP contribution in [-0.2, 0) is 14.8 Å². The van der Waals surface area contributed by atoms with Gasteiger partial charge in [-0.1, -0.05) is 12.1 Å². The van der Waals surface area contributed by atoms with Crippen molar-refractivity contribution in [3.05, 3.63) is 54.1 Å². The third-order valence-corrected chi connectivity index (χ3v) is 7.44. The Labute approximate surface area is 185 Å². The molecule has 0 bridgehead atoms. The highest BCUT2D eigenvalue weighted by atomic mass is 32.2. The van der Waals surface area contributed by atoms with Crippen molar-refractivity contribution in [1.82, 2.24) is 9.62 Å². The second kappa shape index (κ2) is 10.2. The maximum absolute atomic E-state index is 12.7. The van der Waals surface area contributed by atoms with Crippen molar-refractivity contribution >= 4 is 21.6 Å². The van der Waals surface area contributed by atoms with Crippen LogP contribution in [0.4, 0.5) is 5.69 Å². The van der Waals surface area contributed by atoms with Gasteiger partial charge in [0, 0.05) is 25.8 Å². The number of sulfonamides is 1. The second-order valence-corrected chi connectivity index (χ2v) is 9.91. The predicted molar refractivity (Wildman–Crippen MR) is 122 cm³/mol. The molecule has 0 radical (unpaired) electrons. The maximum atomic E-state index is 12.7. The van der Waals surface area contributed by atoms with Gasteiger partial charge in [0.25, 0.3) is 0 Å². The van der Waals surface area contributed by atoms with Crippen molar-refractivity contribution in [3.8, 4) is 5.75 Å². The van der Waals surface area contributed by atoms with Crippen LogP contribution in [0.2, 0.25) is 0 Å². The zero-order chi connectivity index (χ0) is 22.4. The van der Waals surface area contributed by atoms with E-state index in [4.69, 9.17) is 4.74 Å². The molecular weight excluding hydrogens is 414 g/mol. The molecular formula is C23H31N3O4S. The van der Waals surface area contributed by atoms with Crippen molar-refractivity contribution in [2.75, 3.05) is 38.7 Å². The SMILES string of the molecule is COc1ccc(S(=O)(=O)N(C)CC(=O)N[C@@H](C)c2ccc(N3CCCCC3)cc2)cc1. The molecule has 1 N–H and O–H groups in total. The predicted octanol–water partition coefficient (Wildman–Crippen LogP) is 3.18. The second-order valence-electron chi connectivity index (χ2n) is 7.87. The van der Waals surface area contributed by atoms with Gasteiger partial charge in [-0.05, 0) is 68.1 Å². The van der Waals surface area contributed by atoms with Crippen molar-refractivity contribution in [2.45, 2.75) is 37.1 Å². The van der Waals surface area contributed by atoms with Crippen LogP contribution < -0.4 is 15.0 Å². The summed E-state index contributed by atoms with van der Waals surface area (Å²) >= 11 is 0. The quantitative estimate of drug-likeness (QED) is 0.675. The molecule has 0 spiro atoms. The molecule has 2 aromatic carbocycles. The summed E-state index contributed by atoms with van der Waals surface area (Å²) < 4.78 is 31.5. The number of anilines is 1. The molecule has 7 nitrogen and oxygen atoms in total. The highest BCUT2D eigenvalue weighted by Gasteiger charge is 2.23. The average molecular weight is 446 g/mol. The highest BCUT2D eigenvalue weighted by Crippen LogP contribution is 2.23. The Kier molecular flexibility index (Phi) is 7.56. The number of rotatable bonds is 8. The van der Waals surface area contributed by atoms with Gasteiger partial charge in [0.05, 0.1) is 24.6 Å². The van der Waals surface area contributed by atoms with Gasteiger partial charge in [-0.25, -0.2) is 8.42 Å². The first-order valence-corrected chi connectivity index (χ1v) is 12.0. The third kappa shape index (κ3) is 5.77. The van der Waals surface area contributed by atoms with Gasteiger partial charge in [-0.3, -0.25) is 4.79 Å². The summed E-state index contributed by atoms with van der Waals surface area (Å²) in [4.78, 5) is 15.0. The molecule has 1 amide bonds. The van der Waals surface area contributed by atoms with Crippen LogP contribution in [0.15, 0.2) is 53.4 Å². The Balaban J connectivity index is 1.57. The third-order valence-electron chi connectivity index (χ3n) is 5.63. The molecule has 1 aliphatic heterocycles. The van der Waals surface area contributed by atoms with Crippen molar-refractivity contribution in [2.24, 2.45) is 0 Å². The molecule has 0 aromatic heterocycles. The minimum Gasteiger partial charge on any atom is -0.497 e. The van der Waals surface area contributed by atoms with Gasteiger partial charge in [0.2, 0.25) is 15.9 Å². The molecule has 1 aliphatic rings. The lowest BCUT2D eigenvalue weighted by Gasteiger charge is -2.29. The molecule has 1 heterocycles. The van der Waals surface area contributed by atoms with Crippen LogP contribution in [0, 0.1) is 0 Å². The van der Waals surface area contributed by atoms with E-state index in [-0.39, 0.29) is 23.4 Å². The van der Waals surface area contributed by atoms with E-state index < -0.39 is 10.0 Å². The summed E-state index contributed by atoms with van der Waals surface area (Å²) in [5.41, 5.74) is 2.18. The van der Waals surface area contributed by atoms with Crippen LogP contribution in [0.25, 0.3) is 0 Å². The van der Waals surface area contributed by atoms with Crippen LogP contribution >= 0.6 is 0 Å². The molecule has 3 rings (SSSR count). The van der Waals surface area contributed by atoms with Crippen LogP contribution in [0.1, 0.15) is 37.8 Å². The summed E-state index contributed by atoms with van der Waals surface area (Å²) in [6.45, 7) is 3.80. The maximum Gasteiger partial charge on any atom is 0.243 e. The lowest BCUT2D eigenvalue weighted by molar-refractivity contribution is -0.121. The Hall–Kier alpha value is -2.58. The summed E-state index contributed by atoms with van der Waals surface area (Å²) in [6.07, 6.45) is 3.74. The Morgan fingerprint density at radius 3 is 2.26 bits per heavy atom. The van der Waals surface area contributed by atoms with Gasteiger partial charge in [0.15, 0.2) is 0 Å². The number of likely N-dealkylation sites (N-methyl/N-ethyl adjacent to an activating group) is 1. The van der Waals surface area contributed by atoms with E-state index in [2.05, 4.69) is 22.3 Å². The fraction of sp³-hybridized carbons (Fsp3) is 0.435. The number of carbonyl (C=O) groups excluding carboxylic acids is 1. The van der Waals surface area contributed by atoms with Crippen molar-refractivity contribution < 1.29 is 17.9 Å². The van der Waals surface area contributed by atoms with Gasteiger partial charge in [0.1, 0.15) is 5.75 Å². The largest absolute Gasteiger partial charge is 0.497 e. The number of nitrogens with zero attached hydrogens (tertiary/aromatic N) is 2. The minimum atomic E-state index is -3.77. The first-order chi connectivity index (χ1) is 14.8. The normalized spacial score (nSPS) is 15.5. The molecule has 1 atom stereocenters. The number of hydrogen-bond acceptors (Lipinski definition) is 5. The van der Waals surface area contributed by atoms with Gasteiger partial charge in [-0.2, -0.15) is 4.31 Å². The summed E-state index contributed by atoms with van der Waals surface area (Å²) in [7, 11) is -0.850. The molecule has 0 aliphatic carbocycles. The number of benzene rings is 2. The Morgan fingerprint density at radius 1 is 1.06 bits per heavy atom. The summed E-state index contributed by atoms with van der Waals surface area (Å²) in [5, 5.41) is 2.89. The van der Waals surface area contributed by atoms with Gasteiger partial charge in [-0.15, -0.1) is 0 Å².